The first-order valence-corrected chi connectivity index (χ1v) is 6.36. The Morgan fingerprint density at radius 3 is 2.76 bits per heavy atom. The molecular weight excluding hydrogens is 212 g/mol. The molecule has 2 atom stereocenters. The number of hydrogen-bond acceptors (Lipinski definition) is 2. The summed E-state index contributed by atoms with van der Waals surface area (Å²) >= 11 is 0. The lowest BCUT2D eigenvalue weighted by Gasteiger charge is -2.12. The van der Waals surface area contributed by atoms with Gasteiger partial charge in [0.25, 0.3) is 0 Å². The molecule has 0 radical (unpaired) electrons. The fraction of sp³-hybridized carbons (Fsp3) is 0.571. The zero-order valence-corrected chi connectivity index (χ0v) is 10.5. The molecule has 0 spiro atoms. The van der Waals surface area contributed by atoms with Crippen molar-refractivity contribution in [1.29, 1.82) is 0 Å². The first-order valence-electron chi connectivity index (χ1n) is 6.36. The largest absolute Gasteiger partial charge is 0.497 e. The van der Waals surface area contributed by atoms with Gasteiger partial charge in [-0.3, -0.25) is 0 Å². The van der Waals surface area contributed by atoms with Crippen molar-refractivity contribution in [3.05, 3.63) is 24.3 Å². The summed E-state index contributed by atoms with van der Waals surface area (Å²) < 4.78 is 7.35. The highest BCUT2D eigenvalue weighted by atomic mass is 16.5. The van der Waals surface area contributed by atoms with Gasteiger partial charge in [-0.1, -0.05) is 11.1 Å². The van der Waals surface area contributed by atoms with Crippen molar-refractivity contribution < 1.29 is 9.43 Å². The molecule has 0 bridgehead atoms. The Kier molecular flexibility index (Phi) is 2.42. The number of azo groups is 2. The van der Waals surface area contributed by atoms with Crippen LogP contribution in [0.3, 0.4) is 0 Å². The van der Waals surface area contributed by atoms with E-state index < -0.39 is 0 Å². The van der Waals surface area contributed by atoms with Crippen LogP contribution in [0.15, 0.2) is 29.4 Å². The first-order chi connectivity index (χ1) is 8.21. The molecule has 1 aliphatic heterocycles. The van der Waals surface area contributed by atoms with Gasteiger partial charge in [-0.15, -0.1) is 0 Å². The summed E-state index contributed by atoms with van der Waals surface area (Å²) in [5, 5.41) is 4.90. The molecule has 90 valence electrons. The fourth-order valence-corrected chi connectivity index (χ4v) is 3.08. The van der Waals surface area contributed by atoms with Crippen LogP contribution in [0.1, 0.15) is 26.2 Å². The molecule has 0 N–H and O–H groups in total. The summed E-state index contributed by atoms with van der Waals surface area (Å²) in [6, 6.07) is 8.18. The van der Waals surface area contributed by atoms with Gasteiger partial charge in [0.1, 0.15) is 11.3 Å². The summed E-state index contributed by atoms with van der Waals surface area (Å²) in [5.41, 5.74) is 1.38. The summed E-state index contributed by atoms with van der Waals surface area (Å²) in [4.78, 5) is 0. The van der Waals surface area contributed by atoms with E-state index in [0.29, 0.717) is 0 Å². The average Bonchev–Trinajstić information content (AvgIpc) is 2.84. The highest BCUT2D eigenvalue weighted by Crippen LogP contribution is 2.44. The number of hydrogen-bond donors (Lipinski definition) is 0. The zero-order valence-electron chi connectivity index (χ0n) is 10.5. The van der Waals surface area contributed by atoms with Gasteiger partial charge in [-0.05, 0) is 37.0 Å². The van der Waals surface area contributed by atoms with Crippen molar-refractivity contribution in [2.24, 2.45) is 11.0 Å². The van der Waals surface area contributed by atoms with Gasteiger partial charge in [-0.25, -0.2) is 0 Å². The molecule has 1 saturated carbocycles. The third-order valence-corrected chi connectivity index (χ3v) is 4.23. The minimum Gasteiger partial charge on any atom is -0.497 e. The molecule has 17 heavy (non-hydrogen) atoms. The maximum Gasteiger partial charge on any atom is 0.231 e. The lowest BCUT2D eigenvalue weighted by Crippen LogP contribution is -2.23. The van der Waals surface area contributed by atoms with Gasteiger partial charge in [0.05, 0.1) is 13.0 Å². The second-order valence-corrected chi connectivity index (χ2v) is 5.33. The molecule has 1 aromatic carbocycles. The smallest absolute Gasteiger partial charge is 0.231 e. The predicted molar refractivity (Wildman–Crippen MR) is 66.0 cm³/mol. The SMILES string of the molecule is COc1ccc([N+]2=N[C@@]3(C)CCC[C@H]3C2)cc1. The lowest BCUT2D eigenvalue weighted by molar-refractivity contribution is -0.503. The maximum absolute atomic E-state index is 5.18. The monoisotopic (exact) mass is 231 g/mol. The number of nitrogens with zero attached hydrogens (tertiary/aromatic N) is 2. The minimum absolute atomic E-state index is 0.194. The average molecular weight is 231 g/mol. The van der Waals surface area contributed by atoms with E-state index in [-0.39, 0.29) is 5.54 Å². The Hall–Kier alpha value is -1.38. The summed E-state index contributed by atoms with van der Waals surface area (Å²) in [6.07, 6.45) is 3.90. The van der Waals surface area contributed by atoms with Gasteiger partial charge in [0.2, 0.25) is 5.69 Å². The minimum atomic E-state index is 0.194. The molecule has 2 aliphatic rings. The summed E-state index contributed by atoms with van der Waals surface area (Å²) in [7, 11) is 1.70. The first kappa shape index (κ1) is 10.8. The van der Waals surface area contributed by atoms with Crippen molar-refractivity contribution >= 4 is 5.69 Å². The predicted octanol–water partition coefficient (Wildman–Crippen LogP) is 3.36. The normalized spacial score (nSPS) is 31.2. The standard InChI is InChI=1S/C14H19N2O/c1-14-9-3-4-11(14)10-16(15-14)12-5-7-13(17-2)8-6-12/h5-8,11H,3-4,9-10H2,1-2H3/q+1/t11-,14-/m0/s1. The Balaban J connectivity index is 1.88. The van der Waals surface area contributed by atoms with E-state index in [0.717, 1.165) is 18.2 Å². The highest BCUT2D eigenvalue weighted by molar-refractivity contribution is 5.35. The third kappa shape index (κ3) is 1.74. The quantitative estimate of drug-likeness (QED) is 0.716. The molecule has 1 aromatic rings. The van der Waals surface area contributed by atoms with E-state index >= 15 is 0 Å². The van der Waals surface area contributed by atoms with Crippen molar-refractivity contribution in [3.63, 3.8) is 0 Å². The van der Waals surface area contributed by atoms with Gasteiger partial charge in [-0.2, -0.15) is 0 Å². The second-order valence-electron chi connectivity index (χ2n) is 5.33. The van der Waals surface area contributed by atoms with Crippen LogP contribution in [0, 0.1) is 5.92 Å². The number of ether oxygens (including phenoxy) is 1. The molecule has 1 aliphatic carbocycles. The van der Waals surface area contributed by atoms with E-state index in [2.05, 4.69) is 23.8 Å². The molecule has 1 fully saturated rings. The van der Waals surface area contributed by atoms with Crippen LogP contribution in [-0.4, -0.2) is 23.9 Å². The van der Waals surface area contributed by atoms with Crippen LogP contribution in [0.25, 0.3) is 0 Å². The van der Waals surface area contributed by atoms with E-state index in [1.165, 1.54) is 24.9 Å². The van der Waals surface area contributed by atoms with Gasteiger partial charge in [0.15, 0.2) is 6.54 Å². The van der Waals surface area contributed by atoms with Crippen LogP contribution in [0.4, 0.5) is 5.69 Å². The Morgan fingerprint density at radius 1 is 1.35 bits per heavy atom. The topological polar surface area (TPSA) is 24.6 Å². The fourth-order valence-electron chi connectivity index (χ4n) is 3.08. The molecule has 0 amide bonds. The van der Waals surface area contributed by atoms with Crippen molar-refractivity contribution in [2.75, 3.05) is 13.7 Å². The van der Waals surface area contributed by atoms with E-state index in [1.54, 1.807) is 7.11 Å². The van der Waals surface area contributed by atoms with Crippen LogP contribution in [0.2, 0.25) is 0 Å². The van der Waals surface area contributed by atoms with Gasteiger partial charge in [0, 0.05) is 12.1 Å². The molecule has 0 aromatic heterocycles. The van der Waals surface area contributed by atoms with Crippen LogP contribution >= 0.6 is 0 Å². The summed E-state index contributed by atoms with van der Waals surface area (Å²) in [5.74, 6) is 1.64. The molecule has 1 heterocycles. The van der Waals surface area contributed by atoms with E-state index in [4.69, 9.17) is 9.85 Å². The molecule has 0 unspecified atom stereocenters. The van der Waals surface area contributed by atoms with Crippen LogP contribution in [0.5, 0.6) is 5.75 Å². The molecule has 3 rings (SSSR count). The molecule has 0 saturated heterocycles. The number of rotatable bonds is 2. The zero-order chi connectivity index (χ0) is 11.9. The molecular formula is C14H19N2O+. The van der Waals surface area contributed by atoms with Crippen molar-refractivity contribution in [1.82, 2.24) is 0 Å². The number of methoxy groups -OCH3 is 1. The Bertz CT molecular complexity index is 452. The number of benzene rings is 1. The molecule has 3 heteroatoms. The summed E-state index contributed by atoms with van der Waals surface area (Å²) in [6.45, 7) is 3.37. The Labute approximate surface area is 102 Å². The van der Waals surface area contributed by atoms with Crippen molar-refractivity contribution in [2.45, 2.75) is 31.7 Å². The van der Waals surface area contributed by atoms with E-state index in [9.17, 15) is 0 Å². The van der Waals surface area contributed by atoms with Gasteiger partial charge < -0.3 is 4.74 Å². The van der Waals surface area contributed by atoms with Crippen molar-refractivity contribution in [3.8, 4) is 5.75 Å². The second kappa shape index (κ2) is 3.83. The maximum atomic E-state index is 5.18. The van der Waals surface area contributed by atoms with Crippen LogP contribution < -0.4 is 4.74 Å². The van der Waals surface area contributed by atoms with Gasteiger partial charge >= 0.3 is 0 Å². The number of fused-ring (bicyclic) bond motifs is 1. The van der Waals surface area contributed by atoms with Crippen LogP contribution in [-0.2, 0) is 0 Å². The highest BCUT2D eigenvalue weighted by Gasteiger charge is 2.49. The van der Waals surface area contributed by atoms with E-state index in [1.807, 2.05) is 12.1 Å². The third-order valence-electron chi connectivity index (χ3n) is 4.23. The molecule has 3 nitrogen and oxygen atoms in total. The lowest BCUT2D eigenvalue weighted by atomic mass is 9.91. The Morgan fingerprint density at radius 2 is 2.12 bits per heavy atom.